The Bertz CT molecular complexity index is 1330. The van der Waals surface area contributed by atoms with Gasteiger partial charge in [0, 0.05) is 68.3 Å². The molecule has 1 atom stereocenters. The average molecular weight is 537 g/mol. The van der Waals surface area contributed by atoms with Gasteiger partial charge in [0.1, 0.15) is 17.3 Å². The van der Waals surface area contributed by atoms with Gasteiger partial charge in [0.15, 0.2) is 0 Å². The van der Waals surface area contributed by atoms with E-state index in [1.54, 1.807) is 59.0 Å². The number of thiophene rings is 1. The van der Waals surface area contributed by atoms with Gasteiger partial charge in [-0.25, -0.2) is 9.97 Å². The molecular formula is C25H25ClN8O2S. The molecule has 0 aromatic carbocycles. The second-order valence-corrected chi connectivity index (χ2v) is 9.92. The number of anilines is 1. The van der Waals surface area contributed by atoms with Crippen molar-refractivity contribution in [3.05, 3.63) is 82.4 Å². The van der Waals surface area contributed by atoms with Crippen LogP contribution in [0.5, 0.6) is 0 Å². The second kappa shape index (κ2) is 11.6. The number of imide groups is 1. The molecule has 1 aliphatic rings. The maximum absolute atomic E-state index is 13.6. The number of nitrogens with one attached hydrogen (secondary N) is 1. The van der Waals surface area contributed by atoms with Gasteiger partial charge >= 0.3 is 0 Å². The molecule has 190 valence electrons. The van der Waals surface area contributed by atoms with Gasteiger partial charge in [0.05, 0.1) is 11.6 Å². The number of carbonyl (C=O) groups excluding carboxylic acids is 2. The normalized spacial score (nSPS) is 15.5. The molecular weight excluding hydrogens is 512 g/mol. The Balaban J connectivity index is 1.38. The highest BCUT2D eigenvalue weighted by Crippen LogP contribution is 2.23. The van der Waals surface area contributed by atoms with Crippen LogP contribution in [-0.4, -0.2) is 73.4 Å². The lowest BCUT2D eigenvalue weighted by molar-refractivity contribution is -0.129. The molecule has 1 saturated heterocycles. The Kier molecular flexibility index (Phi) is 7.83. The number of hydrogen-bond donors (Lipinski definition) is 1. The van der Waals surface area contributed by atoms with E-state index in [9.17, 15) is 9.59 Å². The number of piperazine rings is 1. The first kappa shape index (κ1) is 25.0. The third-order valence-corrected chi connectivity index (χ3v) is 7.21. The van der Waals surface area contributed by atoms with Crippen molar-refractivity contribution in [3.8, 4) is 5.95 Å². The number of pyridine rings is 1. The third-order valence-electron chi connectivity index (χ3n) is 6.08. The number of aromatic nitrogens is 5. The monoisotopic (exact) mass is 536 g/mol. The summed E-state index contributed by atoms with van der Waals surface area (Å²) in [6.45, 7) is 2.20. The average Bonchev–Trinajstić information content (AvgIpc) is 3.64. The first-order valence-electron chi connectivity index (χ1n) is 11.9. The highest BCUT2D eigenvalue weighted by Gasteiger charge is 2.31. The molecule has 4 aromatic heterocycles. The molecule has 1 unspecified atom stereocenters. The minimum absolute atomic E-state index is 0.130. The van der Waals surface area contributed by atoms with Crippen LogP contribution >= 0.6 is 22.9 Å². The summed E-state index contributed by atoms with van der Waals surface area (Å²) < 4.78 is 1.68. The third kappa shape index (κ3) is 6.01. The molecule has 5 rings (SSSR count). The van der Waals surface area contributed by atoms with Crippen LogP contribution < -0.4 is 10.2 Å². The lowest BCUT2D eigenvalue weighted by Crippen LogP contribution is -2.54. The van der Waals surface area contributed by atoms with Gasteiger partial charge in [-0.3, -0.25) is 24.0 Å². The minimum Gasteiger partial charge on any atom is -0.350 e. The number of hydrogen-bond acceptors (Lipinski definition) is 9. The first-order valence-corrected chi connectivity index (χ1v) is 13.1. The van der Waals surface area contributed by atoms with E-state index in [-0.39, 0.29) is 30.8 Å². The van der Waals surface area contributed by atoms with Gasteiger partial charge < -0.3 is 10.2 Å². The number of amides is 2. The second-order valence-electron chi connectivity index (χ2n) is 8.50. The van der Waals surface area contributed by atoms with Gasteiger partial charge in [-0.05, 0) is 30.0 Å². The van der Waals surface area contributed by atoms with Crippen LogP contribution in [0.25, 0.3) is 5.95 Å². The maximum Gasteiger partial charge on any atom is 0.262 e. The summed E-state index contributed by atoms with van der Waals surface area (Å²) in [5, 5.41) is 5.63. The first-order chi connectivity index (χ1) is 18.1. The summed E-state index contributed by atoms with van der Waals surface area (Å²) in [5.74, 6) is 0.413. The van der Waals surface area contributed by atoms with Crippen LogP contribution in [0.1, 0.15) is 21.7 Å². The fourth-order valence-corrected chi connectivity index (χ4v) is 5.12. The Morgan fingerprint density at radius 3 is 2.86 bits per heavy atom. The molecule has 1 fully saturated rings. The maximum atomic E-state index is 13.6. The number of halogens is 1. The fourth-order valence-electron chi connectivity index (χ4n) is 4.25. The van der Waals surface area contributed by atoms with E-state index in [2.05, 4.69) is 25.3 Å². The van der Waals surface area contributed by atoms with Crippen LogP contribution in [0.3, 0.4) is 0 Å². The summed E-state index contributed by atoms with van der Waals surface area (Å²) in [6, 6.07) is 8.81. The molecule has 4 aromatic rings. The Hall–Kier alpha value is -3.67. The molecule has 0 spiro atoms. The summed E-state index contributed by atoms with van der Waals surface area (Å²) in [5.41, 5.74) is 0.383. The molecule has 1 aliphatic heterocycles. The smallest absolute Gasteiger partial charge is 0.262 e. The van der Waals surface area contributed by atoms with E-state index in [4.69, 9.17) is 11.6 Å². The predicted molar refractivity (Wildman–Crippen MR) is 141 cm³/mol. The van der Waals surface area contributed by atoms with E-state index in [1.165, 1.54) is 11.1 Å². The number of nitrogens with zero attached hydrogens (tertiary/aromatic N) is 7. The van der Waals surface area contributed by atoms with Gasteiger partial charge in [-0.15, -0.1) is 11.3 Å². The van der Waals surface area contributed by atoms with Gasteiger partial charge in [0.2, 0.25) is 11.9 Å². The molecule has 12 heteroatoms. The molecule has 0 aliphatic carbocycles. The van der Waals surface area contributed by atoms with Crippen LogP contribution in [0.4, 0.5) is 5.82 Å². The summed E-state index contributed by atoms with van der Waals surface area (Å²) >= 11 is 7.94. The lowest BCUT2D eigenvalue weighted by atomic mass is 10.1. The minimum atomic E-state index is -0.350. The lowest BCUT2D eigenvalue weighted by Gasteiger charge is -2.37. The van der Waals surface area contributed by atoms with Crippen LogP contribution in [0.15, 0.2) is 66.8 Å². The van der Waals surface area contributed by atoms with Crippen LogP contribution in [0.2, 0.25) is 5.15 Å². The van der Waals surface area contributed by atoms with E-state index >= 15 is 0 Å². The molecule has 37 heavy (non-hydrogen) atoms. The molecule has 0 bridgehead atoms. The quantitative estimate of drug-likeness (QED) is 0.342. The van der Waals surface area contributed by atoms with Crippen molar-refractivity contribution in [1.29, 1.82) is 0 Å². The zero-order valence-electron chi connectivity index (χ0n) is 19.9. The van der Waals surface area contributed by atoms with Gasteiger partial charge in [-0.2, -0.15) is 4.98 Å². The SMILES string of the molecule is O=C(CC1CNCCN1c1cc(Cl)nc(-n2ccnc2)n1)N(CCc1cccs1)C(=O)c1cccnc1. The highest BCUT2D eigenvalue weighted by molar-refractivity contribution is 7.09. The molecule has 2 amide bonds. The van der Waals surface area contributed by atoms with E-state index in [0.717, 1.165) is 11.4 Å². The number of imidazole rings is 1. The summed E-state index contributed by atoms with van der Waals surface area (Å²) in [6.07, 6.45) is 8.80. The van der Waals surface area contributed by atoms with Crippen LogP contribution in [0, 0.1) is 0 Å². The summed E-state index contributed by atoms with van der Waals surface area (Å²) in [7, 11) is 0. The molecule has 5 heterocycles. The zero-order chi connectivity index (χ0) is 25.6. The van der Waals surface area contributed by atoms with Crippen molar-refractivity contribution in [2.24, 2.45) is 0 Å². The highest BCUT2D eigenvalue weighted by atomic mass is 35.5. The van der Waals surface area contributed by atoms with Crippen molar-refractivity contribution < 1.29 is 9.59 Å². The van der Waals surface area contributed by atoms with Crippen LogP contribution in [-0.2, 0) is 11.2 Å². The summed E-state index contributed by atoms with van der Waals surface area (Å²) in [4.78, 5) is 48.6. The molecule has 0 saturated carbocycles. The fraction of sp³-hybridized carbons (Fsp3) is 0.280. The van der Waals surface area contributed by atoms with Gasteiger partial charge in [-0.1, -0.05) is 17.7 Å². The molecule has 0 radical (unpaired) electrons. The Morgan fingerprint density at radius 2 is 2.11 bits per heavy atom. The number of rotatable bonds is 8. The van der Waals surface area contributed by atoms with Gasteiger partial charge in [0.25, 0.3) is 5.91 Å². The largest absolute Gasteiger partial charge is 0.350 e. The van der Waals surface area contributed by atoms with Crippen molar-refractivity contribution in [2.75, 3.05) is 31.1 Å². The predicted octanol–water partition coefficient (Wildman–Crippen LogP) is 2.85. The van der Waals surface area contributed by atoms with Crippen molar-refractivity contribution in [3.63, 3.8) is 0 Å². The van der Waals surface area contributed by atoms with E-state index in [0.29, 0.717) is 42.0 Å². The topological polar surface area (TPSA) is 109 Å². The van der Waals surface area contributed by atoms with E-state index in [1.807, 2.05) is 22.4 Å². The Morgan fingerprint density at radius 1 is 1.19 bits per heavy atom. The molecule has 1 N–H and O–H groups in total. The van der Waals surface area contributed by atoms with Crippen molar-refractivity contribution in [2.45, 2.75) is 18.9 Å². The molecule has 10 nitrogen and oxygen atoms in total. The van der Waals surface area contributed by atoms with E-state index < -0.39 is 0 Å². The standard InChI is InChI=1S/C25H25ClN8O2S/c26-21-14-22(31-25(30-21)32-10-7-29-17-32)33-11-8-28-16-19(33)13-23(35)34(9-5-20-4-2-12-37-20)24(36)18-3-1-6-27-15-18/h1-4,6-7,10,12,14-15,17,19,28H,5,8-9,11,13,16H2. The van der Waals surface area contributed by atoms with Crippen molar-refractivity contribution >= 4 is 40.6 Å². The Labute approximate surface area is 223 Å². The zero-order valence-corrected chi connectivity index (χ0v) is 21.5. The van der Waals surface area contributed by atoms with Crippen molar-refractivity contribution in [1.82, 2.24) is 34.7 Å². The number of carbonyl (C=O) groups is 2.